The van der Waals surface area contributed by atoms with Crippen molar-refractivity contribution in [2.75, 3.05) is 4.72 Å². The van der Waals surface area contributed by atoms with Gasteiger partial charge in [-0.3, -0.25) is 4.72 Å². The molecule has 0 atom stereocenters. The molecule has 2 heterocycles. The van der Waals surface area contributed by atoms with Crippen LogP contribution in [0.3, 0.4) is 0 Å². The Morgan fingerprint density at radius 1 is 1.08 bits per heavy atom. The van der Waals surface area contributed by atoms with Crippen LogP contribution in [0.4, 0.5) is 5.13 Å². The second kappa shape index (κ2) is 6.22. The summed E-state index contributed by atoms with van der Waals surface area (Å²) in [5.41, 5.74) is 3.11. The maximum Gasteiger partial charge on any atom is 0.267 e. The highest BCUT2D eigenvalue weighted by Crippen LogP contribution is 2.29. The first-order valence-electron chi connectivity index (χ1n) is 7.94. The summed E-state index contributed by atoms with van der Waals surface area (Å²) in [6, 6.07) is 15.2. The summed E-state index contributed by atoms with van der Waals surface area (Å²) in [6.07, 6.45) is 1.52. The number of rotatable bonds is 4. The number of nitrogens with zero attached hydrogens (tertiary/aromatic N) is 3. The number of aromatic nitrogens is 3. The van der Waals surface area contributed by atoms with E-state index in [1.54, 1.807) is 11.6 Å². The number of para-hydroxylation sites is 1. The molecule has 0 radical (unpaired) electrons. The molecule has 0 fully saturated rings. The van der Waals surface area contributed by atoms with Crippen LogP contribution in [0.1, 0.15) is 11.3 Å². The van der Waals surface area contributed by atoms with E-state index in [1.165, 1.54) is 17.5 Å². The van der Waals surface area contributed by atoms with Crippen molar-refractivity contribution in [2.45, 2.75) is 18.7 Å². The lowest BCUT2D eigenvalue weighted by Gasteiger charge is -2.03. The molecule has 4 aromatic rings. The summed E-state index contributed by atoms with van der Waals surface area (Å²) in [5, 5.41) is 4.67. The van der Waals surface area contributed by atoms with Crippen molar-refractivity contribution in [2.24, 2.45) is 0 Å². The zero-order valence-electron chi connectivity index (χ0n) is 14.2. The molecule has 8 heteroatoms. The molecule has 26 heavy (non-hydrogen) atoms. The predicted octanol–water partition coefficient (Wildman–Crippen LogP) is 3.90. The third-order valence-corrected chi connectivity index (χ3v) is 6.43. The standard InChI is InChI=1S/C18H16N4O2S2/c1-12-8-9-15-16(10-12)25-18(19-15)21-26(23,24)17-11-22(20-13(17)2)14-6-4-3-5-7-14/h3-11H,1-2H3,(H,19,21). The molecule has 0 bridgehead atoms. The van der Waals surface area contributed by atoms with Crippen LogP contribution < -0.4 is 4.72 Å². The van der Waals surface area contributed by atoms with Crippen LogP contribution >= 0.6 is 11.3 Å². The molecule has 2 aromatic heterocycles. The molecule has 4 rings (SSSR count). The van der Waals surface area contributed by atoms with Gasteiger partial charge >= 0.3 is 0 Å². The van der Waals surface area contributed by atoms with Gasteiger partial charge in [0.25, 0.3) is 10.0 Å². The van der Waals surface area contributed by atoms with E-state index in [4.69, 9.17) is 0 Å². The summed E-state index contributed by atoms with van der Waals surface area (Å²) in [7, 11) is -3.77. The van der Waals surface area contributed by atoms with Crippen molar-refractivity contribution >= 4 is 36.7 Å². The van der Waals surface area contributed by atoms with Crippen LogP contribution in [0.15, 0.2) is 59.6 Å². The summed E-state index contributed by atoms with van der Waals surface area (Å²) in [6.45, 7) is 3.67. The van der Waals surface area contributed by atoms with Crippen LogP contribution in [0.25, 0.3) is 15.9 Å². The van der Waals surface area contributed by atoms with Gasteiger partial charge in [0.2, 0.25) is 0 Å². The topological polar surface area (TPSA) is 76.9 Å². The first-order chi connectivity index (χ1) is 12.4. The third kappa shape index (κ3) is 3.09. The Morgan fingerprint density at radius 3 is 2.62 bits per heavy atom. The number of thiazole rings is 1. The predicted molar refractivity (Wildman–Crippen MR) is 103 cm³/mol. The minimum atomic E-state index is -3.77. The van der Waals surface area contributed by atoms with Crippen molar-refractivity contribution in [1.82, 2.24) is 14.8 Å². The van der Waals surface area contributed by atoms with Crippen molar-refractivity contribution < 1.29 is 8.42 Å². The Morgan fingerprint density at radius 2 is 1.85 bits per heavy atom. The van der Waals surface area contributed by atoms with Gasteiger partial charge in [0, 0.05) is 0 Å². The van der Waals surface area contributed by atoms with Crippen LogP contribution in [0, 0.1) is 13.8 Å². The van der Waals surface area contributed by atoms with E-state index >= 15 is 0 Å². The molecule has 0 saturated heterocycles. The Balaban J connectivity index is 1.69. The highest BCUT2D eigenvalue weighted by molar-refractivity contribution is 7.93. The molecule has 0 spiro atoms. The molecule has 0 amide bonds. The van der Waals surface area contributed by atoms with Gasteiger partial charge in [-0.2, -0.15) is 5.10 Å². The smallest absolute Gasteiger partial charge is 0.254 e. The second-order valence-electron chi connectivity index (χ2n) is 5.95. The van der Waals surface area contributed by atoms with Crippen molar-refractivity contribution in [1.29, 1.82) is 0 Å². The molecule has 2 aromatic carbocycles. The Kier molecular flexibility index (Phi) is 4.01. The van der Waals surface area contributed by atoms with E-state index in [1.807, 2.05) is 55.5 Å². The average molecular weight is 384 g/mol. The van der Waals surface area contributed by atoms with Gasteiger partial charge < -0.3 is 0 Å². The summed E-state index contributed by atoms with van der Waals surface area (Å²) < 4.78 is 30.7. The van der Waals surface area contributed by atoms with Gasteiger partial charge in [0.15, 0.2) is 5.13 Å². The first kappa shape index (κ1) is 16.7. The molecular formula is C18H16N4O2S2. The number of hydrogen-bond donors (Lipinski definition) is 1. The molecular weight excluding hydrogens is 368 g/mol. The fourth-order valence-corrected chi connectivity index (χ4v) is 5.03. The highest BCUT2D eigenvalue weighted by atomic mass is 32.2. The van der Waals surface area contributed by atoms with E-state index in [2.05, 4.69) is 14.8 Å². The van der Waals surface area contributed by atoms with Gasteiger partial charge in [-0.1, -0.05) is 35.6 Å². The molecule has 0 unspecified atom stereocenters. The number of aryl methyl sites for hydroxylation is 2. The largest absolute Gasteiger partial charge is 0.267 e. The fraction of sp³-hybridized carbons (Fsp3) is 0.111. The number of benzene rings is 2. The quantitative estimate of drug-likeness (QED) is 0.579. The summed E-state index contributed by atoms with van der Waals surface area (Å²) >= 11 is 1.31. The molecule has 0 aliphatic rings. The van der Waals surface area contributed by atoms with Crippen molar-refractivity contribution in [3.05, 3.63) is 66.0 Å². The van der Waals surface area contributed by atoms with Crippen LogP contribution in [-0.2, 0) is 10.0 Å². The van der Waals surface area contributed by atoms with Crippen LogP contribution in [0.2, 0.25) is 0 Å². The van der Waals surface area contributed by atoms with E-state index in [-0.39, 0.29) is 4.90 Å². The second-order valence-corrected chi connectivity index (χ2v) is 8.64. The number of nitrogens with one attached hydrogen (secondary N) is 1. The SMILES string of the molecule is Cc1ccc2nc(NS(=O)(=O)c3cn(-c4ccccc4)nc3C)sc2c1. The molecule has 1 N–H and O–H groups in total. The minimum Gasteiger partial charge on any atom is -0.254 e. The minimum absolute atomic E-state index is 0.136. The highest BCUT2D eigenvalue weighted by Gasteiger charge is 2.22. The maximum absolute atomic E-state index is 12.8. The molecule has 0 saturated carbocycles. The Hall–Kier alpha value is -2.71. The zero-order chi connectivity index (χ0) is 18.3. The van der Waals surface area contributed by atoms with Crippen LogP contribution in [0.5, 0.6) is 0 Å². The van der Waals surface area contributed by atoms with Gasteiger partial charge in [0.1, 0.15) is 4.90 Å². The van der Waals surface area contributed by atoms with E-state index in [9.17, 15) is 8.42 Å². The number of anilines is 1. The first-order valence-corrected chi connectivity index (χ1v) is 10.2. The maximum atomic E-state index is 12.8. The Labute approximate surface area is 155 Å². The van der Waals surface area contributed by atoms with E-state index in [0.29, 0.717) is 10.8 Å². The van der Waals surface area contributed by atoms with Gasteiger partial charge in [0.05, 0.1) is 27.8 Å². The molecule has 6 nitrogen and oxygen atoms in total. The number of hydrogen-bond acceptors (Lipinski definition) is 5. The summed E-state index contributed by atoms with van der Waals surface area (Å²) in [5.74, 6) is 0. The molecule has 132 valence electrons. The molecule has 0 aliphatic carbocycles. The van der Waals surface area contributed by atoms with E-state index < -0.39 is 10.0 Å². The monoisotopic (exact) mass is 384 g/mol. The average Bonchev–Trinajstić information content (AvgIpc) is 3.18. The lowest BCUT2D eigenvalue weighted by atomic mass is 10.2. The molecule has 0 aliphatic heterocycles. The van der Waals surface area contributed by atoms with Gasteiger partial charge in [-0.05, 0) is 43.7 Å². The van der Waals surface area contributed by atoms with Crippen molar-refractivity contribution in [3.63, 3.8) is 0 Å². The lowest BCUT2D eigenvalue weighted by molar-refractivity contribution is 0.600. The normalized spacial score (nSPS) is 11.8. The summed E-state index contributed by atoms with van der Waals surface area (Å²) in [4.78, 5) is 4.50. The Bertz CT molecular complexity index is 1190. The number of fused-ring (bicyclic) bond motifs is 1. The van der Waals surface area contributed by atoms with Crippen LogP contribution in [-0.4, -0.2) is 23.2 Å². The van der Waals surface area contributed by atoms with E-state index in [0.717, 1.165) is 21.5 Å². The fourth-order valence-electron chi connectivity index (χ4n) is 2.67. The number of sulfonamides is 1. The van der Waals surface area contributed by atoms with Crippen molar-refractivity contribution in [3.8, 4) is 5.69 Å². The van der Waals surface area contributed by atoms with Gasteiger partial charge in [-0.25, -0.2) is 18.1 Å². The zero-order valence-corrected chi connectivity index (χ0v) is 15.8. The van der Waals surface area contributed by atoms with Gasteiger partial charge in [-0.15, -0.1) is 0 Å². The third-order valence-electron chi connectivity index (χ3n) is 3.93. The lowest BCUT2D eigenvalue weighted by Crippen LogP contribution is -2.13.